The molecular weight excluding hydrogens is 300 g/mol. The van der Waals surface area contributed by atoms with E-state index in [2.05, 4.69) is 15.9 Å². The van der Waals surface area contributed by atoms with Crippen molar-refractivity contribution >= 4 is 33.0 Å². The highest BCUT2D eigenvalue weighted by Crippen LogP contribution is 2.28. The highest BCUT2D eigenvalue weighted by molar-refractivity contribution is 9.10. The average molecular weight is 311 g/mol. The molecule has 2 aromatic rings. The average Bonchev–Trinajstić information content (AvgIpc) is 2.76. The Morgan fingerprint density at radius 1 is 1.35 bits per heavy atom. The number of hydrogen-bond donors (Lipinski definition) is 0. The second kappa shape index (κ2) is 5.02. The highest BCUT2D eigenvalue weighted by Gasteiger charge is 2.17. The molecule has 0 N–H and O–H groups in total. The summed E-state index contributed by atoms with van der Waals surface area (Å²) in [5, 5.41) is 1.86. The lowest BCUT2D eigenvalue weighted by Gasteiger charge is -2.05. The molecule has 88 valence electrons. The van der Waals surface area contributed by atoms with Gasteiger partial charge in [0.1, 0.15) is 10.6 Å². The lowest BCUT2D eigenvalue weighted by atomic mass is 10.0. The Balaban J connectivity index is 2.44. The van der Waals surface area contributed by atoms with E-state index in [4.69, 9.17) is 4.74 Å². The zero-order valence-electron chi connectivity index (χ0n) is 9.49. The Morgan fingerprint density at radius 3 is 2.76 bits per heavy atom. The topological polar surface area (TPSA) is 26.3 Å². The van der Waals surface area contributed by atoms with Gasteiger partial charge >= 0.3 is 0 Å². The first kappa shape index (κ1) is 12.3. The Kier molecular flexibility index (Phi) is 3.64. The number of ketones is 1. The van der Waals surface area contributed by atoms with Crippen molar-refractivity contribution in [1.82, 2.24) is 0 Å². The number of aryl methyl sites for hydroxylation is 1. The number of carbonyl (C=O) groups excluding carboxylic acids is 1. The fraction of sp³-hybridized carbons (Fsp3) is 0.154. The monoisotopic (exact) mass is 310 g/mol. The van der Waals surface area contributed by atoms with Gasteiger partial charge in [0.05, 0.1) is 7.11 Å². The third kappa shape index (κ3) is 2.42. The number of ether oxygens (including phenoxy) is 1. The first-order valence-corrected chi connectivity index (χ1v) is 6.73. The Morgan fingerprint density at radius 2 is 2.12 bits per heavy atom. The van der Waals surface area contributed by atoms with Crippen molar-refractivity contribution in [3.8, 4) is 5.75 Å². The minimum absolute atomic E-state index is 0.0156. The molecule has 0 saturated carbocycles. The van der Waals surface area contributed by atoms with Crippen LogP contribution in [0.2, 0.25) is 0 Å². The van der Waals surface area contributed by atoms with Crippen LogP contribution in [0.1, 0.15) is 20.8 Å². The lowest BCUT2D eigenvalue weighted by Crippen LogP contribution is -2.03. The van der Waals surface area contributed by atoms with Crippen molar-refractivity contribution in [3.63, 3.8) is 0 Å². The highest BCUT2D eigenvalue weighted by atomic mass is 79.9. The van der Waals surface area contributed by atoms with Crippen molar-refractivity contribution in [2.75, 3.05) is 7.11 Å². The van der Waals surface area contributed by atoms with E-state index >= 15 is 0 Å². The van der Waals surface area contributed by atoms with Gasteiger partial charge in [-0.25, -0.2) is 0 Å². The Bertz CT molecular complexity index is 560. The Hall–Kier alpha value is -1.13. The summed E-state index contributed by atoms with van der Waals surface area (Å²) in [6, 6.07) is 7.46. The molecule has 0 aliphatic carbocycles. The van der Waals surface area contributed by atoms with Gasteiger partial charge < -0.3 is 4.74 Å². The summed E-state index contributed by atoms with van der Waals surface area (Å²) < 4.78 is 6.15. The molecule has 1 aromatic heterocycles. The standard InChI is InChI=1S/C13H11BrO2S/c1-8-7-9(14)3-4-10(8)12(15)13-11(16-2)5-6-17-13/h3-7H,1-2H3. The molecule has 4 heteroatoms. The van der Waals surface area contributed by atoms with Crippen LogP contribution < -0.4 is 4.74 Å². The van der Waals surface area contributed by atoms with Gasteiger partial charge in [-0.1, -0.05) is 15.9 Å². The minimum Gasteiger partial charge on any atom is -0.495 e. The van der Waals surface area contributed by atoms with Crippen molar-refractivity contribution < 1.29 is 9.53 Å². The number of methoxy groups -OCH3 is 1. The molecule has 0 aliphatic heterocycles. The van der Waals surface area contributed by atoms with E-state index in [1.807, 2.05) is 36.6 Å². The van der Waals surface area contributed by atoms with Crippen LogP contribution in [0.15, 0.2) is 34.1 Å². The first-order valence-electron chi connectivity index (χ1n) is 5.06. The fourth-order valence-corrected chi connectivity index (χ4v) is 2.92. The van der Waals surface area contributed by atoms with Crippen LogP contribution in [0.5, 0.6) is 5.75 Å². The van der Waals surface area contributed by atoms with Crippen molar-refractivity contribution in [2.45, 2.75) is 6.92 Å². The van der Waals surface area contributed by atoms with E-state index in [0.717, 1.165) is 10.0 Å². The van der Waals surface area contributed by atoms with E-state index in [1.165, 1.54) is 11.3 Å². The van der Waals surface area contributed by atoms with Crippen molar-refractivity contribution in [1.29, 1.82) is 0 Å². The summed E-state index contributed by atoms with van der Waals surface area (Å²) in [6.45, 7) is 1.93. The molecular formula is C13H11BrO2S. The number of rotatable bonds is 3. The maximum Gasteiger partial charge on any atom is 0.206 e. The van der Waals surface area contributed by atoms with E-state index < -0.39 is 0 Å². The normalized spacial score (nSPS) is 10.3. The third-order valence-corrected chi connectivity index (χ3v) is 3.88. The van der Waals surface area contributed by atoms with Crippen molar-refractivity contribution in [2.24, 2.45) is 0 Å². The van der Waals surface area contributed by atoms with Crippen LogP contribution >= 0.6 is 27.3 Å². The summed E-state index contributed by atoms with van der Waals surface area (Å²) in [5.41, 5.74) is 1.67. The van der Waals surface area contributed by atoms with Gasteiger partial charge in [-0.15, -0.1) is 11.3 Å². The molecule has 2 rings (SSSR count). The zero-order chi connectivity index (χ0) is 12.4. The Labute approximate surface area is 112 Å². The molecule has 0 radical (unpaired) electrons. The van der Waals surface area contributed by atoms with Gasteiger partial charge in [-0.05, 0) is 42.1 Å². The quantitative estimate of drug-likeness (QED) is 0.799. The van der Waals surface area contributed by atoms with Crippen LogP contribution in [-0.2, 0) is 0 Å². The first-order chi connectivity index (χ1) is 8.13. The minimum atomic E-state index is 0.0156. The van der Waals surface area contributed by atoms with Crippen molar-refractivity contribution in [3.05, 3.63) is 50.1 Å². The molecule has 0 aliphatic rings. The second-order valence-electron chi connectivity index (χ2n) is 3.61. The van der Waals surface area contributed by atoms with E-state index in [1.54, 1.807) is 7.11 Å². The molecule has 0 fully saturated rings. The molecule has 2 nitrogen and oxygen atoms in total. The van der Waals surface area contributed by atoms with Crippen LogP contribution in [-0.4, -0.2) is 12.9 Å². The van der Waals surface area contributed by atoms with Crippen LogP contribution in [0.25, 0.3) is 0 Å². The molecule has 0 amide bonds. The van der Waals surface area contributed by atoms with Gasteiger partial charge in [-0.3, -0.25) is 4.79 Å². The molecule has 0 unspecified atom stereocenters. The number of hydrogen-bond acceptors (Lipinski definition) is 3. The number of carbonyl (C=O) groups is 1. The number of thiophene rings is 1. The molecule has 0 saturated heterocycles. The predicted octanol–water partition coefficient (Wildman–Crippen LogP) is 4.06. The molecule has 0 atom stereocenters. The van der Waals surface area contributed by atoms with Crippen LogP contribution in [0.4, 0.5) is 0 Å². The maximum atomic E-state index is 12.3. The summed E-state index contributed by atoms with van der Waals surface area (Å²) in [6.07, 6.45) is 0. The molecule has 0 spiro atoms. The SMILES string of the molecule is COc1ccsc1C(=O)c1ccc(Br)cc1C. The van der Waals surface area contributed by atoms with Crippen LogP contribution in [0.3, 0.4) is 0 Å². The van der Waals surface area contributed by atoms with Gasteiger partial charge in [0.25, 0.3) is 0 Å². The third-order valence-electron chi connectivity index (χ3n) is 2.49. The van der Waals surface area contributed by atoms with Gasteiger partial charge in [0.15, 0.2) is 0 Å². The largest absolute Gasteiger partial charge is 0.495 e. The predicted molar refractivity (Wildman–Crippen MR) is 73.2 cm³/mol. The summed E-state index contributed by atoms with van der Waals surface area (Å²) in [5.74, 6) is 0.657. The summed E-state index contributed by atoms with van der Waals surface area (Å²) in [4.78, 5) is 13.0. The van der Waals surface area contributed by atoms with Gasteiger partial charge in [0.2, 0.25) is 5.78 Å². The maximum absolute atomic E-state index is 12.3. The van der Waals surface area contributed by atoms with Gasteiger partial charge in [0, 0.05) is 10.0 Å². The number of halogens is 1. The molecule has 1 heterocycles. The summed E-state index contributed by atoms with van der Waals surface area (Å²) >= 11 is 4.79. The number of benzene rings is 1. The van der Waals surface area contributed by atoms with E-state index in [9.17, 15) is 4.79 Å². The zero-order valence-corrected chi connectivity index (χ0v) is 11.9. The van der Waals surface area contributed by atoms with Crippen LogP contribution in [0, 0.1) is 6.92 Å². The molecule has 0 bridgehead atoms. The second-order valence-corrected chi connectivity index (χ2v) is 5.44. The lowest BCUT2D eigenvalue weighted by molar-refractivity contribution is 0.103. The van der Waals surface area contributed by atoms with Gasteiger partial charge in [-0.2, -0.15) is 0 Å². The molecule has 1 aromatic carbocycles. The van der Waals surface area contributed by atoms with E-state index in [0.29, 0.717) is 16.2 Å². The van der Waals surface area contributed by atoms with E-state index in [-0.39, 0.29) is 5.78 Å². The smallest absolute Gasteiger partial charge is 0.206 e. The molecule has 17 heavy (non-hydrogen) atoms. The summed E-state index contributed by atoms with van der Waals surface area (Å²) in [7, 11) is 1.58. The fourth-order valence-electron chi connectivity index (χ4n) is 1.63.